The highest BCUT2D eigenvalue weighted by atomic mass is 16.1. The maximum atomic E-state index is 12.4. The van der Waals surface area contributed by atoms with Crippen LogP contribution in [0, 0.1) is 20.8 Å². The molecule has 1 aromatic carbocycles. The monoisotopic (exact) mass is 434 g/mol. The molecule has 7 nitrogen and oxygen atoms in total. The third kappa shape index (κ3) is 5.27. The van der Waals surface area contributed by atoms with Crippen LogP contribution in [0.2, 0.25) is 0 Å². The third-order valence-corrected chi connectivity index (χ3v) is 6.36. The molecule has 1 N–H and O–H groups in total. The SMILES string of the molecule is Cc1cc2nc(C)c(CCC(=O)NCCCN3CCN(c4ccccc4)CC3)c(C)n2n1. The molecular formula is C25H34N6O. The van der Waals surface area contributed by atoms with Gasteiger partial charge in [-0.3, -0.25) is 9.69 Å². The second kappa shape index (κ2) is 10.1. The van der Waals surface area contributed by atoms with E-state index in [-0.39, 0.29) is 5.91 Å². The Morgan fingerprint density at radius 3 is 2.56 bits per heavy atom. The van der Waals surface area contributed by atoms with Crippen LogP contribution in [-0.4, -0.2) is 64.7 Å². The topological polar surface area (TPSA) is 65.8 Å². The highest BCUT2D eigenvalue weighted by molar-refractivity contribution is 5.76. The number of amides is 1. The molecule has 32 heavy (non-hydrogen) atoms. The predicted molar refractivity (Wildman–Crippen MR) is 128 cm³/mol. The number of nitrogens with one attached hydrogen (secondary N) is 1. The van der Waals surface area contributed by atoms with Gasteiger partial charge in [-0.2, -0.15) is 5.10 Å². The van der Waals surface area contributed by atoms with Gasteiger partial charge in [0.25, 0.3) is 0 Å². The molecule has 170 valence electrons. The van der Waals surface area contributed by atoms with Crippen LogP contribution in [0.25, 0.3) is 5.65 Å². The van der Waals surface area contributed by atoms with Crippen molar-refractivity contribution in [3.8, 4) is 0 Å². The van der Waals surface area contributed by atoms with Crippen molar-refractivity contribution in [3.05, 3.63) is 59.0 Å². The van der Waals surface area contributed by atoms with E-state index in [9.17, 15) is 4.79 Å². The standard InChI is InChI=1S/C25H34N6O/c1-19-18-24-27-20(2)23(21(3)31(24)28-19)10-11-25(32)26-12-7-13-29-14-16-30(17-15-29)22-8-5-4-6-9-22/h4-6,8-9,18H,7,10-17H2,1-3H3,(H,26,32). The number of aromatic nitrogens is 3. The molecule has 1 fully saturated rings. The summed E-state index contributed by atoms with van der Waals surface area (Å²) in [6.45, 7) is 12.1. The van der Waals surface area contributed by atoms with E-state index < -0.39 is 0 Å². The summed E-state index contributed by atoms with van der Waals surface area (Å²) in [5, 5.41) is 7.60. The Kier molecular flexibility index (Phi) is 7.05. The molecule has 0 atom stereocenters. The Bertz CT molecular complexity index is 1050. The number of nitrogens with zero attached hydrogens (tertiary/aromatic N) is 5. The molecule has 0 spiro atoms. The lowest BCUT2D eigenvalue weighted by molar-refractivity contribution is -0.121. The molecule has 0 unspecified atom stereocenters. The van der Waals surface area contributed by atoms with Crippen molar-refractivity contribution in [3.63, 3.8) is 0 Å². The highest BCUT2D eigenvalue weighted by Crippen LogP contribution is 2.17. The quantitative estimate of drug-likeness (QED) is 0.552. The summed E-state index contributed by atoms with van der Waals surface area (Å²) < 4.78 is 1.88. The number of hydrogen-bond acceptors (Lipinski definition) is 5. The van der Waals surface area contributed by atoms with Crippen molar-refractivity contribution < 1.29 is 4.79 Å². The Morgan fingerprint density at radius 2 is 1.81 bits per heavy atom. The number of hydrogen-bond donors (Lipinski definition) is 1. The molecule has 7 heteroatoms. The molecule has 4 rings (SSSR count). The average Bonchev–Trinajstić information content (AvgIpc) is 3.18. The lowest BCUT2D eigenvalue weighted by Gasteiger charge is -2.36. The van der Waals surface area contributed by atoms with E-state index in [0.717, 1.165) is 74.0 Å². The lowest BCUT2D eigenvalue weighted by atomic mass is 10.1. The molecule has 0 radical (unpaired) electrons. The zero-order valence-electron chi connectivity index (χ0n) is 19.5. The van der Waals surface area contributed by atoms with Crippen LogP contribution in [0.4, 0.5) is 5.69 Å². The van der Waals surface area contributed by atoms with Gasteiger partial charge in [0, 0.05) is 62.3 Å². The van der Waals surface area contributed by atoms with E-state index in [1.807, 2.05) is 24.4 Å². The summed E-state index contributed by atoms with van der Waals surface area (Å²) in [5.74, 6) is 0.106. The van der Waals surface area contributed by atoms with Crippen molar-refractivity contribution in [2.45, 2.75) is 40.0 Å². The summed E-state index contributed by atoms with van der Waals surface area (Å²) in [7, 11) is 0. The first-order chi connectivity index (χ1) is 15.5. The van der Waals surface area contributed by atoms with Gasteiger partial charge < -0.3 is 10.2 Å². The minimum atomic E-state index is 0.106. The fraction of sp³-hybridized carbons (Fsp3) is 0.480. The molecule has 3 aromatic rings. The maximum absolute atomic E-state index is 12.4. The number of rotatable bonds is 8. The highest BCUT2D eigenvalue weighted by Gasteiger charge is 2.17. The first kappa shape index (κ1) is 22.3. The number of fused-ring (bicyclic) bond motifs is 1. The van der Waals surface area contributed by atoms with E-state index in [0.29, 0.717) is 12.8 Å². The van der Waals surface area contributed by atoms with E-state index >= 15 is 0 Å². The van der Waals surface area contributed by atoms with Gasteiger partial charge in [-0.25, -0.2) is 9.50 Å². The minimum absolute atomic E-state index is 0.106. The Morgan fingerprint density at radius 1 is 1.06 bits per heavy atom. The first-order valence-corrected chi connectivity index (χ1v) is 11.6. The number of carbonyl (C=O) groups excluding carboxylic acids is 1. The molecule has 1 amide bonds. The molecule has 1 saturated heterocycles. The van der Waals surface area contributed by atoms with Gasteiger partial charge in [0.1, 0.15) is 0 Å². The second-order valence-corrected chi connectivity index (χ2v) is 8.68. The summed E-state index contributed by atoms with van der Waals surface area (Å²) in [4.78, 5) is 22.0. The van der Waals surface area contributed by atoms with Crippen molar-refractivity contribution in [2.24, 2.45) is 0 Å². The van der Waals surface area contributed by atoms with Crippen LogP contribution in [0.5, 0.6) is 0 Å². The average molecular weight is 435 g/mol. The van der Waals surface area contributed by atoms with Gasteiger partial charge >= 0.3 is 0 Å². The minimum Gasteiger partial charge on any atom is -0.369 e. The maximum Gasteiger partial charge on any atom is 0.220 e. The Balaban J connectivity index is 1.16. The van der Waals surface area contributed by atoms with E-state index in [1.165, 1.54) is 5.69 Å². The normalized spacial score (nSPS) is 14.8. The number of aryl methyl sites for hydroxylation is 3. The van der Waals surface area contributed by atoms with Crippen molar-refractivity contribution >= 4 is 17.2 Å². The number of carbonyl (C=O) groups is 1. The van der Waals surface area contributed by atoms with Crippen LogP contribution in [-0.2, 0) is 11.2 Å². The molecular weight excluding hydrogens is 400 g/mol. The van der Waals surface area contributed by atoms with Gasteiger partial charge in [-0.15, -0.1) is 0 Å². The number of anilines is 1. The number of benzene rings is 1. The lowest BCUT2D eigenvalue weighted by Crippen LogP contribution is -2.47. The fourth-order valence-electron chi connectivity index (χ4n) is 4.53. The summed E-state index contributed by atoms with van der Waals surface area (Å²) in [6, 6.07) is 12.6. The van der Waals surface area contributed by atoms with E-state index in [4.69, 9.17) is 0 Å². The summed E-state index contributed by atoms with van der Waals surface area (Å²) in [6.07, 6.45) is 2.15. The van der Waals surface area contributed by atoms with Crippen LogP contribution in [0.15, 0.2) is 36.4 Å². The molecule has 1 aliphatic rings. The van der Waals surface area contributed by atoms with Crippen molar-refractivity contribution in [1.29, 1.82) is 0 Å². The molecule has 2 aromatic heterocycles. The largest absolute Gasteiger partial charge is 0.369 e. The molecule has 3 heterocycles. The van der Waals surface area contributed by atoms with Gasteiger partial charge in [0.2, 0.25) is 5.91 Å². The molecule has 0 saturated carbocycles. The van der Waals surface area contributed by atoms with Crippen molar-refractivity contribution in [2.75, 3.05) is 44.2 Å². The van der Waals surface area contributed by atoms with Gasteiger partial charge in [0.15, 0.2) is 5.65 Å². The van der Waals surface area contributed by atoms with Crippen LogP contribution < -0.4 is 10.2 Å². The third-order valence-electron chi connectivity index (χ3n) is 6.36. The fourth-order valence-corrected chi connectivity index (χ4v) is 4.53. The zero-order chi connectivity index (χ0) is 22.5. The van der Waals surface area contributed by atoms with Gasteiger partial charge in [-0.1, -0.05) is 18.2 Å². The second-order valence-electron chi connectivity index (χ2n) is 8.68. The van der Waals surface area contributed by atoms with Crippen LogP contribution in [0.1, 0.15) is 35.5 Å². The summed E-state index contributed by atoms with van der Waals surface area (Å²) in [5.41, 5.74) is 6.31. The number of piperazine rings is 1. The van der Waals surface area contributed by atoms with E-state index in [2.05, 4.69) is 62.5 Å². The van der Waals surface area contributed by atoms with Crippen LogP contribution >= 0.6 is 0 Å². The van der Waals surface area contributed by atoms with Gasteiger partial charge in [-0.05, 0) is 57.9 Å². The van der Waals surface area contributed by atoms with Gasteiger partial charge in [0.05, 0.1) is 5.69 Å². The Hall–Kier alpha value is -2.93. The Labute approximate surface area is 190 Å². The summed E-state index contributed by atoms with van der Waals surface area (Å²) >= 11 is 0. The van der Waals surface area contributed by atoms with Crippen molar-refractivity contribution in [1.82, 2.24) is 24.8 Å². The van der Waals surface area contributed by atoms with Crippen LogP contribution in [0.3, 0.4) is 0 Å². The van der Waals surface area contributed by atoms with E-state index in [1.54, 1.807) is 0 Å². The zero-order valence-corrected chi connectivity index (χ0v) is 19.5. The molecule has 0 aliphatic carbocycles. The number of para-hydroxylation sites is 1. The molecule has 0 bridgehead atoms. The molecule has 1 aliphatic heterocycles. The first-order valence-electron chi connectivity index (χ1n) is 11.6. The predicted octanol–water partition coefficient (Wildman–Crippen LogP) is 2.92. The smallest absolute Gasteiger partial charge is 0.220 e.